The minimum Gasteiger partial charge on any atom is -0.464 e. The molecule has 1 aromatic carbocycles. The zero-order valence-corrected chi connectivity index (χ0v) is 11.9. The number of rotatable bonds is 5. The van der Waals surface area contributed by atoms with Gasteiger partial charge in [0.1, 0.15) is 5.01 Å². The Balaban J connectivity index is 2.21. The van der Waals surface area contributed by atoms with Crippen LogP contribution < -0.4 is 5.32 Å². The summed E-state index contributed by atoms with van der Waals surface area (Å²) >= 11 is 7.33. The van der Waals surface area contributed by atoms with E-state index in [4.69, 9.17) is 16.3 Å². The number of ether oxygens (including phenoxy) is 1. The molecule has 1 heterocycles. The van der Waals surface area contributed by atoms with E-state index in [2.05, 4.69) is 10.3 Å². The smallest absolute Gasteiger partial charge is 0.335 e. The zero-order chi connectivity index (χ0) is 13.7. The van der Waals surface area contributed by atoms with E-state index >= 15 is 0 Å². The van der Waals surface area contributed by atoms with E-state index < -0.39 is 6.04 Å². The number of benzene rings is 1. The molecule has 0 aliphatic rings. The first-order valence-corrected chi connectivity index (χ1v) is 7.04. The Kier molecular flexibility index (Phi) is 4.76. The summed E-state index contributed by atoms with van der Waals surface area (Å²) < 4.78 is 5.06. The van der Waals surface area contributed by atoms with Crippen LogP contribution in [0.25, 0.3) is 0 Å². The van der Waals surface area contributed by atoms with Crippen LogP contribution in [0.1, 0.15) is 18.0 Å². The van der Waals surface area contributed by atoms with Crippen molar-refractivity contribution in [2.75, 3.05) is 11.9 Å². The summed E-state index contributed by atoms with van der Waals surface area (Å²) in [7, 11) is 0. The molecule has 0 amide bonds. The first-order valence-electron chi connectivity index (χ1n) is 5.79. The van der Waals surface area contributed by atoms with Crippen LogP contribution in [0.4, 0.5) is 5.69 Å². The van der Waals surface area contributed by atoms with E-state index in [1.165, 1.54) is 11.3 Å². The predicted molar refractivity (Wildman–Crippen MR) is 76.6 cm³/mol. The highest BCUT2D eigenvalue weighted by Gasteiger charge is 2.24. The van der Waals surface area contributed by atoms with E-state index in [0.717, 1.165) is 5.69 Å². The van der Waals surface area contributed by atoms with Crippen molar-refractivity contribution in [3.8, 4) is 0 Å². The summed E-state index contributed by atoms with van der Waals surface area (Å²) in [5.74, 6) is -0.350. The van der Waals surface area contributed by atoms with Crippen molar-refractivity contribution in [2.24, 2.45) is 0 Å². The third kappa shape index (κ3) is 3.68. The zero-order valence-electron chi connectivity index (χ0n) is 10.3. The summed E-state index contributed by atoms with van der Waals surface area (Å²) in [6, 6.07) is 6.57. The molecule has 1 aromatic heterocycles. The van der Waals surface area contributed by atoms with E-state index in [9.17, 15) is 4.79 Å². The molecule has 0 aliphatic carbocycles. The summed E-state index contributed by atoms with van der Waals surface area (Å²) in [4.78, 5) is 16.1. The lowest BCUT2D eigenvalue weighted by molar-refractivity contribution is -0.144. The fraction of sp³-hybridized carbons (Fsp3) is 0.231. The van der Waals surface area contributed by atoms with Crippen LogP contribution >= 0.6 is 22.9 Å². The van der Waals surface area contributed by atoms with Crippen LogP contribution in [-0.2, 0) is 9.53 Å². The molecule has 0 radical (unpaired) electrons. The number of carbonyl (C=O) groups excluding carboxylic acids is 1. The molecule has 1 atom stereocenters. The maximum absolute atomic E-state index is 12.0. The van der Waals surface area contributed by atoms with E-state index in [1.807, 2.05) is 17.5 Å². The maximum Gasteiger partial charge on any atom is 0.335 e. The number of thiazole rings is 1. The Hall–Kier alpha value is -1.59. The van der Waals surface area contributed by atoms with Crippen LogP contribution in [0, 0.1) is 0 Å². The Bertz CT molecular complexity index is 545. The van der Waals surface area contributed by atoms with Crippen LogP contribution in [0.2, 0.25) is 5.02 Å². The van der Waals surface area contributed by atoms with Gasteiger partial charge in [-0.05, 0) is 25.1 Å². The van der Waals surface area contributed by atoms with Crippen molar-refractivity contribution in [1.29, 1.82) is 0 Å². The lowest BCUT2D eigenvalue weighted by atomic mass is 10.2. The monoisotopic (exact) mass is 296 g/mol. The van der Waals surface area contributed by atoms with Gasteiger partial charge in [0.05, 0.1) is 6.61 Å². The molecule has 0 fully saturated rings. The van der Waals surface area contributed by atoms with Crippen molar-refractivity contribution in [3.05, 3.63) is 45.9 Å². The number of nitrogens with one attached hydrogen (secondary N) is 1. The van der Waals surface area contributed by atoms with Gasteiger partial charge in [0.25, 0.3) is 0 Å². The minimum atomic E-state index is -0.613. The topological polar surface area (TPSA) is 51.2 Å². The predicted octanol–water partition coefficient (Wildman–Crippen LogP) is 3.51. The van der Waals surface area contributed by atoms with Gasteiger partial charge >= 0.3 is 5.97 Å². The van der Waals surface area contributed by atoms with E-state index in [-0.39, 0.29) is 5.97 Å². The lowest BCUT2D eigenvalue weighted by Crippen LogP contribution is -2.23. The molecular formula is C13H13ClN2O2S. The third-order valence-electron chi connectivity index (χ3n) is 2.36. The van der Waals surface area contributed by atoms with Gasteiger partial charge in [0.15, 0.2) is 6.04 Å². The van der Waals surface area contributed by atoms with Crippen LogP contribution in [-0.4, -0.2) is 17.6 Å². The number of halogens is 1. The summed E-state index contributed by atoms with van der Waals surface area (Å²) in [6.07, 6.45) is 1.66. The molecule has 0 bridgehead atoms. The second-order valence-corrected chi connectivity index (χ2v) is 5.07. The van der Waals surface area contributed by atoms with Crippen molar-refractivity contribution in [1.82, 2.24) is 4.98 Å². The van der Waals surface area contributed by atoms with Gasteiger partial charge in [-0.15, -0.1) is 11.3 Å². The quantitative estimate of drug-likeness (QED) is 0.858. The number of aromatic nitrogens is 1. The van der Waals surface area contributed by atoms with Gasteiger partial charge < -0.3 is 10.1 Å². The largest absolute Gasteiger partial charge is 0.464 e. The number of hydrogen-bond donors (Lipinski definition) is 1. The molecule has 100 valence electrons. The fourth-order valence-corrected chi connectivity index (χ4v) is 2.43. The third-order valence-corrected chi connectivity index (χ3v) is 3.43. The second-order valence-electron chi connectivity index (χ2n) is 3.71. The number of hydrogen-bond acceptors (Lipinski definition) is 5. The number of anilines is 1. The first kappa shape index (κ1) is 13.8. The second kappa shape index (κ2) is 6.54. The Morgan fingerprint density at radius 3 is 3.05 bits per heavy atom. The van der Waals surface area contributed by atoms with Crippen LogP contribution in [0.3, 0.4) is 0 Å². The maximum atomic E-state index is 12.0. The van der Waals surface area contributed by atoms with E-state index in [1.54, 1.807) is 25.3 Å². The van der Waals surface area contributed by atoms with Gasteiger partial charge in [-0.3, -0.25) is 0 Å². The average molecular weight is 297 g/mol. The molecule has 4 nitrogen and oxygen atoms in total. The molecule has 0 aliphatic heterocycles. The van der Waals surface area contributed by atoms with Gasteiger partial charge in [-0.1, -0.05) is 17.7 Å². The molecule has 2 aromatic rings. The molecule has 0 spiro atoms. The van der Waals surface area contributed by atoms with Gasteiger partial charge in [-0.25, -0.2) is 9.78 Å². The number of nitrogens with zero attached hydrogens (tertiary/aromatic N) is 1. The SMILES string of the molecule is CCOC(=O)C(Nc1cccc(Cl)c1)c1nccs1. The Morgan fingerprint density at radius 1 is 1.58 bits per heavy atom. The van der Waals surface area contributed by atoms with Crippen molar-refractivity contribution >= 4 is 34.6 Å². The minimum absolute atomic E-state index is 0.331. The summed E-state index contributed by atoms with van der Waals surface area (Å²) in [5, 5.41) is 6.19. The normalized spacial score (nSPS) is 11.9. The highest BCUT2D eigenvalue weighted by molar-refractivity contribution is 7.09. The Labute approximate surface area is 120 Å². The standard InChI is InChI=1S/C13H13ClN2O2S/c1-2-18-13(17)11(12-15-6-7-19-12)16-10-5-3-4-9(14)8-10/h3-8,11,16H,2H2,1H3. The number of esters is 1. The van der Waals surface area contributed by atoms with Gasteiger partial charge in [-0.2, -0.15) is 0 Å². The van der Waals surface area contributed by atoms with Crippen molar-refractivity contribution < 1.29 is 9.53 Å². The van der Waals surface area contributed by atoms with Gasteiger partial charge in [0, 0.05) is 22.3 Å². The molecule has 2 rings (SSSR count). The van der Waals surface area contributed by atoms with Crippen molar-refractivity contribution in [2.45, 2.75) is 13.0 Å². The molecular weight excluding hydrogens is 284 g/mol. The van der Waals surface area contributed by atoms with Gasteiger partial charge in [0.2, 0.25) is 0 Å². The molecule has 1 N–H and O–H groups in total. The van der Waals surface area contributed by atoms with E-state index in [0.29, 0.717) is 16.6 Å². The van der Waals surface area contributed by atoms with Crippen LogP contribution in [0.5, 0.6) is 0 Å². The molecule has 1 unspecified atom stereocenters. The molecule has 6 heteroatoms. The highest BCUT2D eigenvalue weighted by atomic mass is 35.5. The molecule has 0 saturated carbocycles. The molecule has 19 heavy (non-hydrogen) atoms. The van der Waals surface area contributed by atoms with Crippen molar-refractivity contribution in [3.63, 3.8) is 0 Å². The summed E-state index contributed by atoms with van der Waals surface area (Å²) in [6.45, 7) is 2.11. The first-order chi connectivity index (χ1) is 9.20. The summed E-state index contributed by atoms with van der Waals surface area (Å²) in [5.41, 5.74) is 0.751. The number of carbonyl (C=O) groups is 1. The van der Waals surface area contributed by atoms with Crippen LogP contribution in [0.15, 0.2) is 35.8 Å². The molecule has 0 saturated heterocycles. The fourth-order valence-electron chi connectivity index (χ4n) is 1.57. The lowest BCUT2D eigenvalue weighted by Gasteiger charge is -2.16. The average Bonchev–Trinajstić information content (AvgIpc) is 2.90. The Morgan fingerprint density at radius 2 is 2.42 bits per heavy atom. The highest BCUT2D eigenvalue weighted by Crippen LogP contribution is 2.24.